The van der Waals surface area contributed by atoms with Gasteiger partial charge in [0.15, 0.2) is 0 Å². The summed E-state index contributed by atoms with van der Waals surface area (Å²) in [6.07, 6.45) is 5.12. The third-order valence-corrected chi connectivity index (χ3v) is 8.42. The topological polar surface area (TPSA) is 80.8 Å². The molecular formula is C23H27N3O4. The van der Waals surface area contributed by atoms with Crippen molar-refractivity contribution in [1.29, 1.82) is 0 Å². The monoisotopic (exact) mass is 409 g/mol. The Hall–Kier alpha value is -2.25. The largest absolute Gasteiger partial charge is 0.633 e. The van der Waals surface area contributed by atoms with Gasteiger partial charge in [0.1, 0.15) is 6.04 Å². The highest BCUT2D eigenvalue weighted by Crippen LogP contribution is 2.48. The van der Waals surface area contributed by atoms with Gasteiger partial charge in [0.2, 0.25) is 5.91 Å². The summed E-state index contributed by atoms with van der Waals surface area (Å²) in [7, 11) is 0. The van der Waals surface area contributed by atoms with Crippen molar-refractivity contribution in [2.24, 2.45) is 11.8 Å². The fourth-order valence-electron chi connectivity index (χ4n) is 7.29. The number of hydrogen-bond donors (Lipinski definition) is 0. The van der Waals surface area contributed by atoms with Crippen molar-refractivity contribution in [3.05, 3.63) is 40.6 Å². The zero-order valence-corrected chi connectivity index (χ0v) is 17.0. The van der Waals surface area contributed by atoms with Gasteiger partial charge in [0.05, 0.1) is 30.3 Å². The SMILES string of the molecule is O=C1c2ccccc2C(=O)N1C1CC[C@@H]2[C@H]3CCC[N+]4([O-])CCC[C@H](CN2C1=O)[C@@H]34. The van der Waals surface area contributed by atoms with Gasteiger partial charge >= 0.3 is 0 Å². The number of piperidine rings is 4. The quantitative estimate of drug-likeness (QED) is 0.404. The van der Waals surface area contributed by atoms with Crippen LogP contribution < -0.4 is 0 Å². The number of carbonyl (C=O) groups excluding carboxylic acids is 3. The summed E-state index contributed by atoms with van der Waals surface area (Å²) in [6, 6.07) is 6.30. The third-order valence-electron chi connectivity index (χ3n) is 8.42. The lowest BCUT2D eigenvalue weighted by Crippen LogP contribution is -2.73. The second-order valence-electron chi connectivity index (χ2n) is 9.78. The van der Waals surface area contributed by atoms with Crippen LogP contribution in [0.2, 0.25) is 0 Å². The van der Waals surface area contributed by atoms with E-state index in [0.717, 1.165) is 45.2 Å². The van der Waals surface area contributed by atoms with E-state index in [0.29, 0.717) is 24.1 Å². The van der Waals surface area contributed by atoms with E-state index in [1.807, 2.05) is 4.90 Å². The van der Waals surface area contributed by atoms with Crippen molar-refractivity contribution in [2.45, 2.75) is 56.7 Å². The van der Waals surface area contributed by atoms with Crippen LogP contribution >= 0.6 is 0 Å². The molecule has 4 saturated heterocycles. The van der Waals surface area contributed by atoms with Crippen LogP contribution in [0.5, 0.6) is 0 Å². The Balaban J connectivity index is 1.30. The first-order valence-corrected chi connectivity index (χ1v) is 11.3. The van der Waals surface area contributed by atoms with Crippen molar-refractivity contribution in [3.8, 4) is 0 Å². The van der Waals surface area contributed by atoms with Crippen LogP contribution in [0.3, 0.4) is 0 Å². The molecule has 5 heterocycles. The molecule has 5 aliphatic rings. The smallest absolute Gasteiger partial charge is 0.262 e. The molecule has 4 fully saturated rings. The average molecular weight is 409 g/mol. The molecule has 1 aromatic carbocycles. The summed E-state index contributed by atoms with van der Waals surface area (Å²) in [6.45, 7) is 2.04. The zero-order chi connectivity index (χ0) is 20.6. The molecule has 30 heavy (non-hydrogen) atoms. The van der Waals surface area contributed by atoms with Crippen LogP contribution in [0, 0.1) is 17.0 Å². The van der Waals surface area contributed by atoms with Crippen LogP contribution in [0.4, 0.5) is 0 Å². The molecule has 0 bridgehead atoms. The maximum atomic E-state index is 13.6. The molecule has 0 N–H and O–H groups in total. The minimum absolute atomic E-state index is 0.0598. The third kappa shape index (κ3) is 2.36. The summed E-state index contributed by atoms with van der Waals surface area (Å²) in [5.41, 5.74) is 0.785. The van der Waals surface area contributed by atoms with Crippen molar-refractivity contribution in [3.63, 3.8) is 0 Å². The van der Waals surface area contributed by atoms with E-state index in [9.17, 15) is 19.6 Å². The van der Waals surface area contributed by atoms with Crippen molar-refractivity contribution < 1.29 is 19.0 Å². The predicted octanol–water partition coefficient (Wildman–Crippen LogP) is 2.16. The number of fused-ring (bicyclic) bond motifs is 3. The van der Waals surface area contributed by atoms with Gasteiger partial charge < -0.3 is 14.8 Å². The van der Waals surface area contributed by atoms with E-state index in [1.165, 1.54) is 4.90 Å². The summed E-state index contributed by atoms with van der Waals surface area (Å²) in [5, 5.41) is 13.5. The van der Waals surface area contributed by atoms with Crippen molar-refractivity contribution >= 4 is 17.7 Å². The lowest BCUT2D eigenvalue weighted by molar-refractivity contribution is -0.925. The number of carbonyl (C=O) groups is 3. The van der Waals surface area contributed by atoms with E-state index in [-0.39, 0.29) is 46.3 Å². The van der Waals surface area contributed by atoms with E-state index < -0.39 is 6.04 Å². The van der Waals surface area contributed by atoms with Crippen LogP contribution in [-0.4, -0.2) is 69.9 Å². The molecule has 0 spiro atoms. The van der Waals surface area contributed by atoms with Gasteiger partial charge in [-0.1, -0.05) is 12.1 Å². The van der Waals surface area contributed by atoms with Crippen LogP contribution in [0.25, 0.3) is 0 Å². The molecule has 5 aliphatic heterocycles. The zero-order valence-electron chi connectivity index (χ0n) is 17.0. The highest BCUT2D eigenvalue weighted by Gasteiger charge is 2.58. The van der Waals surface area contributed by atoms with Crippen molar-refractivity contribution in [1.82, 2.24) is 9.80 Å². The van der Waals surface area contributed by atoms with E-state index in [2.05, 4.69) is 0 Å². The Morgan fingerprint density at radius 2 is 1.57 bits per heavy atom. The Labute approximate surface area is 175 Å². The number of quaternary nitrogens is 1. The van der Waals surface area contributed by atoms with E-state index >= 15 is 0 Å². The minimum Gasteiger partial charge on any atom is -0.633 e. The lowest BCUT2D eigenvalue weighted by atomic mass is 9.67. The minimum atomic E-state index is -0.719. The molecule has 0 radical (unpaired) electrons. The molecule has 6 rings (SSSR count). The highest BCUT2D eigenvalue weighted by atomic mass is 16.5. The number of nitrogens with zero attached hydrogens (tertiary/aromatic N) is 3. The molecule has 6 atom stereocenters. The summed E-state index contributed by atoms with van der Waals surface area (Å²) in [5.74, 6) is -0.315. The van der Waals surface area contributed by atoms with Gasteiger partial charge in [-0.25, -0.2) is 0 Å². The lowest BCUT2D eigenvalue weighted by Gasteiger charge is -2.64. The number of hydrogen-bond acceptors (Lipinski definition) is 4. The van der Waals surface area contributed by atoms with Crippen LogP contribution in [0.15, 0.2) is 24.3 Å². The van der Waals surface area contributed by atoms with Gasteiger partial charge in [-0.2, -0.15) is 0 Å². The second kappa shape index (κ2) is 6.37. The Morgan fingerprint density at radius 1 is 0.900 bits per heavy atom. The maximum absolute atomic E-state index is 13.6. The molecule has 3 amide bonds. The molecule has 2 unspecified atom stereocenters. The Bertz CT molecular complexity index is 909. The molecular weight excluding hydrogens is 382 g/mol. The predicted molar refractivity (Wildman–Crippen MR) is 108 cm³/mol. The molecule has 158 valence electrons. The molecule has 0 saturated carbocycles. The first-order chi connectivity index (χ1) is 14.5. The second-order valence-corrected chi connectivity index (χ2v) is 9.78. The first kappa shape index (κ1) is 18.5. The fourth-order valence-corrected chi connectivity index (χ4v) is 7.29. The van der Waals surface area contributed by atoms with Gasteiger partial charge in [-0.05, 0) is 50.7 Å². The maximum Gasteiger partial charge on any atom is 0.262 e. The standard InChI is InChI=1S/C23H27N3O4/c27-21-15-6-1-2-7-16(15)22(28)25(21)19-10-9-18-17-8-4-12-26(30)11-3-5-14(20(17)26)13-24(18)23(19)29/h1-2,6-7,14,17-20H,3-5,8-13H2/t14-,17-,18-,19?,20+,26?/m1/s1. The number of rotatable bonds is 1. The number of hydroxylamine groups is 3. The Morgan fingerprint density at radius 3 is 2.27 bits per heavy atom. The average Bonchev–Trinajstić information content (AvgIpc) is 3.00. The van der Waals surface area contributed by atoms with Crippen LogP contribution in [-0.2, 0) is 4.79 Å². The van der Waals surface area contributed by atoms with Gasteiger partial charge in [0.25, 0.3) is 11.8 Å². The molecule has 0 aromatic heterocycles. The fraction of sp³-hybridized carbons (Fsp3) is 0.609. The molecule has 0 aliphatic carbocycles. The molecule has 7 heteroatoms. The molecule has 7 nitrogen and oxygen atoms in total. The number of amides is 3. The van der Waals surface area contributed by atoms with Gasteiger partial charge in [-0.15, -0.1) is 0 Å². The number of benzene rings is 1. The molecule has 1 aromatic rings. The Kier molecular flexibility index (Phi) is 3.93. The summed E-state index contributed by atoms with van der Waals surface area (Å²) in [4.78, 5) is 42.6. The number of imide groups is 1. The van der Waals surface area contributed by atoms with Gasteiger partial charge in [-0.3, -0.25) is 19.3 Å². The van der Waals surface area contributed by atoms with E-state index in [1.54, 1.807) is 24.3 Å². The van der Waals surface area contributed by atoms with Crippen LogP contribution in [0.1, 0.15) is 59.2 Å². The normalized spacial score (nSPS) is 40.2. The highest BCUT2D eigenvalue weighted by molar-refractivity contribution is 6.22. The summed E-state index contributed by atoms with van der Waals surface area (Å²) >= 11 is 0. The van der Waals surface area contributed by atoms with Crippen molar-refractivity contribution in [2.75, 3.05) is 19.6 Å². The van der Waals surface area contributed by atoms with E-state index in [4.69, 9.17) is 0 Å². The van der Waals surface area contributed by atoms with Gasteiger partial charge in [0, 0.05) is 24.4 Å². The summed E-state index contributed by atoms with van der Waals surface area (Å²) < 4.78 is -0.0598. The first-order valence-electron chi connectivity index (χ1n) is 11.3.